The first-order chi connectivity index (χ1) is 9.13. The Balaban J connectivity index is 2.38. The normalized spacial score (nSPS) is 10.0. The summed E-state index contributed by atoms with van der Waals surface area (Å²) in [5.41, 5.74) is 3.91. The maximum atomic E-state index is 4.51. The van der Waals surface area contributed by atoms with Crippen LogP contribution in [0.25, 0.3) is 12.2 Å². The summed E-state index contributed by atoms with van der Waals surface area (Å²) in [5.74, 6) is 1.55. The van der Waals surface area contributed by atoms with E-state index >= 15 is 0 Å². The van der Waals surface area contributed by atoms with Crippen molar-refractivity contribution in [3.63, 3.8) is 0 Å². The van der Waals surface area contributed by atoms with Crippen molar-refractivity contribution >= 4 is 23.8 Å². The summed E-state index contributed by atoms with van der Waals surface area (Å²) in [6.45, 7) is 11.6. The Bertz CT molecular complexity index is 630. The van der Waals surface area contributed by atoms with Crippen LogP contribution in [0.15, 0.2) is 37.4 Å². The second-order valence-electron chi connectivity index (χ2n) is 4.32. The van der Waals surface area contributed by atoms with Gasteiger partial charge in [-0.15, -0.1) is 0 Å². The van der Waals surface area contributed by atoms with Gasteiger partial charge >= 0.3 is 0 Å². The number of aryl methyl sites for hydroxylation is 2. The summed E-state index contributed by atoms with van der Waals surface area (Å²) < 4.78 is 0. The minimum atomic E-state index is 0.760. The molecule has 0 spiro atoms. The molecule has 0 saturated heterocycles. The number of rotatable bonds is 4. The highest BCUT2D eigenvalue weighted by atomic mass is 15.1. The van der Waals surface area contributed by atoms with Crippen LogP contribution in [0.5, 0.6) is 0 Å². The topological polar surface area (TPSA) is 37.8 Å². The fourth-order valence-corrected chi connectivity index (χ4v) is 1.94. The van der Waals surface area contributed by atoms with Gasteiger partial charge in [-0.25, -0.2) is 9.97 Å². The van der Waals surface area contributed by atoms with E-state index in [1.165, 1.54) is 0 Å². The molecule has 0 amide bonds. The van der Waals surface area contributed by atoms with E-state index < -0.39 is 0 Å². The second-order valence-corrected chi connectivity index (χ2v) is 4.32. The largest absolute Gasteiger partial charge is 0.325 e. The standard InChI is InChI=1S/C16H17N3/c1-5-13-11(3)10-16(18-14(13)6-2)19-15-9-7-8-12(4)17-15/h5-10H,1-2H2,3-4H3,(H,17,18,19). The zero-order valence-electron chi connectivity index (χ0n) is 11.3. The maximum Gasteiger partial charge on any atom is 0.132 e. The average molecular weight is 251 g/mol. The number of nitrogens with one attached hydrogen (secondary N) is 1. The minimum Gasteiger partial charge on any atom is -0.325 e. The Labute approximate surface area is 113 Å². The third-order valence-corrected chi connectivity index (χ3v) is 2.84. The smallest absolute Gasteiger partial charge is 0.132 e. The first kappa shape index (κ1) is 13.0. The molecule has 0 bridgehead atoms. The van der Waals surface area contributed by atoms with Crippen molar-refractivity contribution in [3.8, 4) is 0 Å². The molecule has 0 aliphatic carbocycles. The van der Waals surface area contributed by atoms with E-state index in [0.29, 0.717) is 0 Å². The minimum absolute atomic E-state index is 0.760. The van der Waals surface area contributed by atoms with E-state index in [2.05, 4.69) is 28.4 Å². The fraction of sp³-hybridized carbons (Fsp3) is 0.125. The average Bonchev–Trinajstić information content (AvgIpc) is 2.38. The molecule has 2 aromatic rings. The maximum absolute atomic E-state index is 4.51. The number of anilines is 2. The van der Waals surface area contributed by atoms with Gasteiger partial charge < -0.3 is 5.32 Å². The van der Waals surface area contributed by atoms with Gasteiger partial charge in [0.05, 0.1) is 5.69 Å². The molecule has 3 heteroatoms. The van der Waals surface area contributed by atoms with Crippen molar-refractivity contribution in [1.29, 1.82) is 0 Å². The summed E-state index contributed by atoms with van der Waals surface area (Å²) in [6.07, 6.45) is 3.53. The monoisotopic (exact) mass is 251 g/mol. The number of hydrogen-bond acceptors (Lipinski definition) is 3. The number of aromatic nitrogens is 2. The van der Waals surface area contributed by atoms with E-state index in [1.54, 1.807) is 12.2 Å². The molecule has 96 valence electrons. The van der Waals surface area contributed by atoms with Gasteiger partial charge in [-0.1, -0.05) is 25.3 Å². The van der Waals surface area contributed by atoms with Crippen LogP contribution in [-0.2, 0) is 0 Å². The summed E-state index contributed by atoms with van der Waals surface area (Å²) in [4.78, 5) is 8.91. The molecule has 0 fully saturated rings. The first-order valence-corrected chi connectivity index (χ1v) is 6.11. The molecule has 0 radical (unpaired) electrons. The van der Waals surface area contributed by atoms with Gasteiger partial charge in [0.25, 0.3) is 0 Å². The van der Waals surface area contributed by atoms with E-state index in [1.807, 2.05) is 38.1 Å². The lowest BCUT2D eigenvalue weighted by Gasteiger charge is -2.10. The van der Waals surface area contributed by atoms with Crippen molar-refractivity contribution in [3.05, 3.63) is 59.9 Å². The third-order valence-electron chi connectivity index (χ3n) is 2.84. The van der Waals surface area contributed by atoms with Crippen LogP contribution in [-0.4, -0.2) is 9.97 Å². The zero-order valence-corrected chi connectivity index (χ0v) is 11.3. The van der Waals surface area contributed by atoms with E-state index in [4.69, 9.17) is 0 Å². The van der Waals surface area contributed by atoms with Gasteiger partial charge in [0.1, 0.15) is 11.6 Å². The number of hydrogen-bond donors (Lipinski definition) is 1. The molecule has 0 aliphatic rings. The van der Waals surface area contributed by atoms with Crippen LogP contribution >= 0.6 is 0 Å². The van der Waals surface area contributed by atoms with E-state index in [0.717, 1.165) is 34.2 Å². The van der Waals surface area contributed by atoms with Gasteiger partial charge in [0, 0.05) is 11.3 Å². The summed E-state index contributed by atoms with van der Waals surface area (Å²) >= 11 is 0. The van der Waals surface area contributed by atoms with Crippen LogP contribution in [0.2, 0.25) is 0 Å². The van der Waals surface area contributed by atoms with Crippen molar-refractivity contribution < 1.29 is 0 Å². The van der Waals surface area contributed by atoms with Gasteiger partial charge in [0.15, 0.2) is 0 Å². The molecule has 1 N–H and O–H groups in total. The van der Waals surface area contributed by atoms with Crippen molar-refractivity contribution in [2.24, 2.45) is 0 Å². The number of nitrogens with zero attached hydrogens (tertiary/aromatic N) is 2. The second kappa shape index (κ2) is 5.48. The van der Waals surface area contributed by atoms with Crippen LogP contribution < -0.4 is 5.32 Å². The highest BCUT2D eigenvalue weighted by Gasteiger charge is 2.05. The quantitative estimate of drug-likeness (QED) is 0.888. The van der Waals surface area contributed by atoms with Gasteiger partial charge in [-0.3, -0.25) is 0 Å². The summed E-state index contributed by atoms with van der Waals surface area (Å²) in [5, 5.41) is 3.21. The Morgan fingerprint density at radius 1 is 1.05 bits per heavy atom. The molecule has 2 rings (SSSR count). The summed E-state index contributed by atoms with van der Waals surface area (Å²) in [6, 6.07) is 7.82. The van der Waals surface area contributed by atoms with Gasteiger partial charge in [0.2, 0.25) is 0 Å². The zero-order chi connectivity index (χ0) is 13.8. The van der Waals surface area contributed by atoms with Crippen LogP contribution in [0.4, 0.5) is 11.6 Å². The molecule has 19 heavy (non-hydrogen) atoms. The number of pyridine rings is 2. The SMILES string of the molecule is C=Cc1nc(Nc2cccc(C)n2)cc(C)c1C=C. The molecule has 0 unspecified atom stereocenters. The van der Waals surface area contributed by atoms with Crippen molar-refractivity contribution in [2.75, 3.05) is 5.32 Å². The lowest BCUT2D eigenvalue weighted by Crippen LogP contribution is -2.00. The molecule has 3 nitrogen and oxygen atoms in total. The Morgan fingerprint density at radius 3 is 2.47 bits per heavy atom. The molecular weight excluding hydrogens is 234 g/mol. The predicted molar refractivity (Wildman–Crippen MR) is 81.4 cm³/mol. The van der Waals surface area contributed by atoms with E-state index in [9.17, 15) is 0 Å². The van der Waals surface area contributed by atoms with Crippen LogP contribution in [0.3, 0.4) is 0 Å². The Kier molecular flexibility index (Phi) is 3.76. The van der Waals surface area contributed by atoms with Gasteiger partial charge in [-0.05, 0) is 43.7 Å². The molecular formula is C16H17N3. The molecule has 0 atom stereocenters. The molecule has 2 heterocycles. The van der Waals surface area contributed by atoms with Crippen molar-refractivity contribution in [1.82, 2.24) is 9.97 Å². The highest BCUT2D eigenvalue weighted by molar-refractivity contribution is 5.67. The Hall–Kier alpha value is -2.42. The lowest BCUT2D eigenvalue weighted by atomic mass is 10.1. The molecule has 0 aliphatic heterocycles. The summed E-state index contributed by atoms with van der Waals surface area (Å²) in [7, 11) is 0. The van der Waals surface area contributed by atoms with E-state index in [-0.39, 0.29) is 0 Å². The third kappa shape index (κ3) is 2.88. The van der Waals surface area contributed by atoms with Gasteiger partial charge in [-0.2, -0.15) is 0 Å². The van der Waals surface area contributed by atoms with Crippen molar-refractivity contribution in [2.45, 2.75) is 13.8 Å². The highest BCUT2D eigenvalue weighted by Crippen LogP contribution is 2.21. The lowest BCUT2D eigenvalue weighted by molar-refractivity contribution is 1.17. The van der Waals surface area contributed by atoms with Crippen LogP contribution in [0.1, 0.15) is 22.5 Å². The Morgan fingerprint density at radius 2 is 1.84 bits per heavy atom. The molecule has 2 aromatic heterocycles. The molecule has 0 saturated carbocycles. The first-order valence-electron chi connectivity index (χ1n) is 6.11. The molecule has 0 aromatic carbocycles. The van der Waals surface area contributed by atoms with Crippen LogP contribution in [0, 0.1) is 13.8 Å². The fourth-order valence-electron chi connectivity index (χ4n) is 1.94. The predicted octanol–water partition coefficient (Wildman–Crippen LogP) is 4.12.